The van der Waals surface area contributed by atoms with E-state index in [1.807, 2.05) is 69.3 Å². The van der Waals surface area contributed by atoms with Crippen molar-refractivity contribution in [3.8, 4) is 11.5 Å². The molecule has 0 aliphatic carbocycles. The minimum atomic E-state index is -0.232. The normalized spacial score (nSPS) is 11.7. The highest BCUT2D eigenvalue weighted by Crippen LogP contribution is 2.21. The molecule has 1 N–H and O–H groups in total. The quantitative estimate of drug-likeness (QED) is 0.525. The summed E-state index contributed by atoms with van der Waals surface area (Å²) >= 11 is 0. The number of ether oxygens (including phenoxy) is 2. The molecule has 0 aliphatic heterocycles. The first-order valence-corrected chi connectivity index (χ1v) is 9.90. The largest absolute Gasteiger partial charge is 0.494 e. The third kappa shape index (κ3) is 5.64. The van der Waals surface area contributed by atoms with Crippen molar-refractivity contribution in [2.75, 3.05) is 6.61 Å². The van der Waals surface area contributed by atoms with E-state index in [0.29, 0.717) is 18.1 Å². The molecule has 1 unspecified atom stereocenters. The molecule has 5 heteroatoms. The Kier molecular flexibility index (Phi) is 6.95. The Bertz CT molecular complexity index is 913. The molecule has 1 atom stereocenters. The van der Waals surface area contributed by atoms with Crippen molar-refractivity contribution in [2.45, 2.75) is 39.8 Å². The average molecular weight is 393 g/mol. The lowest BCUT2D eigenvalue weighted by atomic mass is 10.0. The van der Waals surface area contributed by atoms with Crippen molar-refractivity contribution in [2.24, 2.45) is 0 Å². The highest BCUT2D eigenvalue weighted by molar-refractivity contribution is 5.91. The molecule has 0 aliphatic rings. The van der Waals surface area contributed by atoms with Crippen molar-refractivity contribution in [1.29, 1.82) is 0 Å². The summed E-state index contributed by atoms with van der Waals surface area (Å²) in [5.74, 6) is 2.15. The van der Waals surface area contributed by atoms with Gasteiger partial charge in [0.05, 0.1) is 12.6 Å². The summed E-state index contributed by atoms with van der Waals surface area (Å²) in [7, 11) is 0. The van der Waals surface area contributed by atoms with Crippen LogP contribution in [0.1, 0.15) is 53.8 Å². The molecule has 0 radical (unpaired) electrons. The molecule has 2 aromatic carbocycles. The van der Waals surface area contributed by atoms with Crippen molar-refractivity contribution < 1.29 is 18.7 Å². The van der Waals surface area contributed by atoms with E-state index in [2.05, 4.69) is 5.32 Å². The van der Waals surface area contributed by atoms with Crippen molar-refractivity contribution >= 4 is 5.91 Å². The third-order valence-electron chi connectivity index (χ3n) is 4.59. The van der Waals surface area contributed by atoms with E-state index < -0.39 is 0 Å². The number of hydrogen-bond donors (Lipinski definition) is 1. The van der Waals surface area contributed by atoms with Crippen LogP contribution in [0, 0.1) is 6.92 Å². The maximum atomic E-state index is 12.6. The Balaban J connectivity index is 1.56. The molecule has 0 saturated carbocycles. The fourth-order valence-corrected chi connectivity index (χ4v) is 2.98. The van der Waals surface area contributed by atoms with Gasteiger partial charge in [-0.3, -0.25) is 4.79 Å². The van der Waals surface area contributed by atoms with Crippen LogP contribution in [0.3, 0.4) is 0 Å². The van der Waals surface area contributed by atoms with E-state index in [1.54, 1.807) is 12.1 Å². The summed E-state index contributed by atoms with van der Waals surface area (Å²) in [6.07, 6.45) is 0.795. The lowest BCUT2D eigenvalue weighted by Crippen LogP contribution is -2.27. The molecule has 152 valence electrons. The second-order valence-electron chi connectivity index (χ2n) is 6.80. The predicted octanol–water partition coefficient (Wildman–Crippen LogP) is 5.45. The summed E-state index contributed by atoms with van der Waals surface area (Å²) in [6.45, 7) is 6.90. The van der Waals surface area contributed by atoms with Gasteiger partial charge in [-0.2, -0.15) is 0 Å². The predicted molar refractivity (Wildman–Crippen MR) is 112 cm³/mol. The van der Waals surface area contributed by atoms with Crippen LogP contribution in [0.2, 0.25) is 0 Å². The Morgan fingerprint density at radius 3 is 2.21 bits per heavy atom. The van der Waals surface area contributed by atoms with Crippen LogP contribution < -0.4 is 14.8 Å². The number of benzene rings is 2. The lowest BCUT2D eigenvalue weighted by molar-refractivity contribution is 0.0903. The molecule has 0 fully saturated rings. The minimum absolute atomic E-state index is 0.0586. The van der Waals surface area contributed by atoms with E-state index in [4.69, 9.17) is 13.9 Å². The number of aryl methyl sites for hydroxylation is 1. The first-order chi connectivity index (χ1) is 14.1. The SMILES string of the molecule is CCOc1ccc(OCc2ccc(C(=O)NC(CC)c3ccc(C)cc3)o2)cc1. The van der Waals surface area contributed by atoms with E-state index in [-0.39, 0.29) is 24.3 Å². The number of rotatable bonds is 9. The summed E-state index contributed by atoms with van der Waals surface area (Å²) in [5, 5.41) is 3.04. The van der Waals surface area contributed by atoms with Crippen LogP contribution in [0.5, 0.6) is 11.5 Å². The number of nitrogens with one attached hydrogen (secondary N) is 1. The van der Waals surface area contributed by atoms with Gasteiger partial charge in [-0.25, -0.2) is 0 Å². The highest BCUT2D eigenvalue weighted by atomic mass is 16.5. The molecule has 1 aromatic heterocycles. The second-order valence-corrected chi connectivity index (χ2v) is 6.80. The molecule has 0 bridgehead atoms. The van der Waals surface area contributed by atoms with Gasteiger partial charge in [-0.15, -0.1) is 0 Å². The Hall–Kier alpha value is -3.21. The van der Waals surface area contributed by atoms with Crippen molar-refractivity contribution in [3.05, 3.63) is 83.3 Å². The number of amides is 1. The molecule has 3 aromatic rings. The molecule has 3 rings (SSSR count). The Morgan fingerprint density at radius 2 is 1.59 bits per heavy atom. The molecular weight excluding hydrogens is 366 g/mol. The van der Waals surface area contributed by atoms with Gasteiger partial charge in [0.25, 0.3) is 5.91 Å². The fourth-order valence-electron chi connectivity index (χ4n) is 2.98. The number of carbonyl (C=O) groups excluding carboxylic acids is 1. The molecular formula is C24H27NO4. The van der Waals surface area contributed by atoms with Crippen LogP contribution in [-0.4, -0.2) is 12.5 Å². The molecule has 1 heterocycles. The standard InChI is InChI=1S/C24H27NO4/c1-4-22(18-8-6-17(3)7-9-18)25-24(26)23-15-14-21(29-23)16-28-20-12-10-19(11-13-20)27-5-2/h6-15,22H,4-5,16H2,1-3H3,(H,25,26). The first kappa shape index (κ1) is 20.5. The monoisotopic (exact) mass is 393 g/mol. The van der Waals surface area contributed by atoms with Crippen LogP contribution in [0.15, 0.2) is 65.1 Å². The van der Waals surface area contributed by atoms with Crippen molar-refractivity contribution in [1.82, 2.24) is 5.32 Å². The first-order valence-electron chi connectivity index (χ1n) is 9.90. The topological polar surface area (TPSA) is 60.7 Å². The second kappa shape index (κ2) is 9.82. The molecule has 5 nitrogen and oxygen atoms in total. The summed E-state index contributed by atoms with van der Waals surface area (Å²) < 4.78 is 16.8. The van der Waals surface area contributed by atoms with Gasteiger partial charge in [0, 0.05) is 0 Å². The third-order valence-corrected chi connectivity index (χ3v) is 4.59. The lowest BCUT2D eigenvalue weighted by Gasteiger charge is -2.17. The fraction of sp³-hybridized carbons (Fsp3) is 0.292. The highest BCUT2D eigenvalue weighted by Gasteiger charge is 2.17. The Labute approximate surface area is 171 Å². The van der Waals surface area contributed by atoms with Gasteiger partial charge in [-0.1, -0.05) is 36.8 Å². The van der Waals surface area contributed by atoms with Crippen LogP contribution in [0.25, 0.3) is 0 Å². The van der Waals surface area contributed by atoms with E-state index >= 15 is 0 Å². The zero-order valence-electron chi connectivity index (χ0n) is 17.1. The van der Waals surface area contributed by atoms with Gasteiger partial charge in [-0.05, 0) is 62.2 Å². The number of hydrogen-bond acceptors (Lipinski definition) is 4. The minimum Gasteiger partial charge on any atom is -0.494 e. The average Bonchev–Trinajstić information content (AvgIpc) is 3.22. The zero-order chi connectivity index (χ0) is 20.6. The van der Waals surface area contributed by atoms with Gasteiger partial charge < -0.3 is 19.2 Å². The van der Waals surface area contributed by atoms with Gasteiger partial charge >= 0.3 is 0 Å². The van der Waals surface area contributed by atoms with E-state index in [9.17, 15) is 4.79 Å². The van der Waals surface area contributed by atoms with E-state index in [0.717, 1.165) is 17.7 Å². The van der Waals surface area contributed by atoms with Crippen molar-refractivity contribution in [3.63, 3.8) is 0 Å². The van der Waals surface area contributed by atoms with Gasteiger partial charge in [0.15, 0.2) is 5.76 Å². The Morgan fingerprint density at radius 1 is 0.931 bits per heavy atom. The van der Waals surface area contributed by atoms with Crippen LogP contribution in [-0.2, 0) is 6.61 Å². The molecule has 29 heavy (non-hydrogen) atoms. The maximum Gasteiger partial charge on any atom is 0.287 e. The molecule has 0 spiro atoms. The molecule has 0 saturated heterocycles. The summed E-state index contributed by atoms with van der Waals surface area (Å²) in [5.41, 5.74) is 2.27. The zero-order valence-corrected chi connectivity index (χ0v) is 17.1. The van der Waals surface area contributed by atoms with Crippen LogP contribution >= 0.6 is 0 Å². The van der Waals surface area contributed by atoms with E-state index in [1.165, 1.54) is 5.56 Å². The molecule has 1 amide bonds. The number of carbonyl (C=O) groups is 1. The summed E-state index contributed by atoms with van der Waals surface area (Å²) in [4.78, 5) is 12.6. The maximum absolute atomic E-state index is 12.6. The van der Waals surface area contributed by atoms with Gasteiger partial charge in [0.2, 0.25) is 0 Å². The van der Waals surface area contributed by atoms with Crippen LogP contribution in [0.4, 0.5) is 0 Å². The number of furan rings is 1. The summed E-state index contributed by atoms with van der Waals surface area (Å²) in [6, 6.07) is 19.0. The van der Waals surface area contributed by atoms with Gasteiger partial charge in [0.1, 0.15) is 23.9 Å². The smallest absolute Gasteiger partial charge is 0.287 e.